The highest BCUT2D eigenvalue weighted by molar-refractivity contribution is 7.91. The highest BCUT2D eigenvalue weighted by atomic mass is 32.2. The molecule has 82 valence electrons. The molecule has 4 nitrogen and oxygen atoms in total. The standard InChI is InChI=1S/C9H17NO3S/c1-9(2,3)10-8-6-14(11,12)5-7(8)4-13-10/h7-8H,4-6H2,1-3H3/t7-,8-/m0/s1. The Kier molecular flexibility index (Phi) is 2.18. The van der Waals surface area contributed by atoms with Gasteiger partial charge < -0.3 is 0 Å². The molecule has 0 N–H and O–H groups in total. The summed E-state index contributed by atoms with van der Waals surface area (Å²) in [6, 6.07) is 0.0694. The molecule has 5 heteroatoms. The first-order valence-electron chi connectivity index (χ1n) is 4.92. The number of hydroxylamine groups is 2. The van der Waals surface area contributed by atoms with Crippen LogP contribution >= 0.6 is 0 Å². The first-order chi connectivity index (χ1) is 6.30. The summed E-state index contributed by atoms with van der Waals surface area (Å²) in [5, 5.41) is 1.86. The summed E-state index contributed by atoms with van der Waals surface area (Å²) in [6.45, 7) is 6.68. The minimum Gasteiger partial charge on any atom is -0.298 e. The van der Waals surface area contributed by atoms with Gasteiger partial charge in [0, 0.05) is 11.5 Å². The minimum absolute atomic E-state index is 0.0694. The highest BCUT2D eigenvalue weighted by Gasteiger charge is 2.49. The van der Waals surface area contributed by atoms with Gasteiger partial charge in [-0.3, -0.25) is 4.84 Å². The Hall–Kier alpha value is -0.130. The molecule has 2 atom stereocenters. The van der Waals surface area contributed by atoms with Gasteiger partial charge in [-0.25, -0.2) is 8.42 Å². The van der Waals surface area contributed by atoms with E-state index in [1.165, 1.54) is 0 Å². The predicted molar refractivity (Wildman–Crippen MR) is 53.5 cm³/mol. The van der Waals surface area contributed by atoms with Crippen LogP contribution in [0.4, 0.5) is 0 Å². The molecule has 2 saturated heterocycles. The van der Waals surface area contributed by atoms with Crippen LogP contribution in [0.2, 0.25) is 0 Å². The van der Waals surface area contributed by atoms with Crippen LogP contribution in [0.1, 0.15) is 20.8 Å². The van der Waals surface area contributed by atoms with Gasteiger partial charge in [0.05, 0.1) is 24.2 Å². The summed E-state index contributed by atoms with van der Waals surface area (Å²) in [5.41, 5.74) is -0.112. The lowest BCUT2D eigenvalue weighted by Crippen LogP contribution is -2.45. The molecule has 0 aromatic rings. The Bertz CT molecular complexity index is 330. The Morgan fingerprint density at radius 2 is 1.93 bits per heavy atom. The van der Waals surface area contributed by atoms with Gasteiger partial charge in [0.25, 0.3) is 0 Å². The molecule has 0 amide bonds. The van der Waals surface area contributed by atoms with Crippen molar-refractivity contribution in [1.82, 2.24) is 5.06 Å². The fraction of sp³-hybridized carbons (Fsp3) is 1.00. The van der Waals surface area contributed by atoms with E-state index in [0.717, 1.165) is 0 Å². The number of sulfone groups is 1. The van der Waals surface area contributed by atoms with E-state index < -0.39 is 9.84 Å². The molecular formula is C9H17NO3S. The number of rotatable bonds is 0. The molecule has 0 aromatic heterocycles. The molecule has 0 radical (unpaired) electrons. The first kappa shape index (κ1) is 10.4. The Balaban J connectivity index is 2.21. The molecule has 2 aliphatic rings. The van der Waals surface area contributed by atoms with Gasteiger partial charge in [0.2, 0.25) is 0 Å². The fourth-order valence-corrected chi connectivity index (χ4v) is 4.32. The first-order valence-corrected chi connectivity index (χ1v) is 6.74. The lowest BCUT2D eigenvalue weighted by atomic mass is 10.0. The molecule has 0 saturated carbocycles. The van der Waals surface area contributed by atoms with Gasteiger partial charge in [-0.1, -0.05) is 0 Å². The zero-order valence-corrected chi connectivity index (χ0v) is 9.67. The van der Waals surface area contributed by atoms with Crippen molar-refractivity contribution in [1.29, 1.82) is 0 Å². The Labute approximate surface area is 85.1 Å². The average Bonchev–Trinajstić information content (AvgIpc) is 2.38. The van der Waals surface area contributed by atoms with Crippen LogP contribution in [0.15, 0.2) is 0 Å². The van der Waals surface area contributed by atoms with Gasteiger partial charge in [-0.15, -0.1) is 0 Å². The van der Waals surface area contributed by atoms with Crippen molar-refractivity contribution in [2.24, 2.45) is 5.92 Å². The van der Waals surface area contributed by atoms with E-state index in [9.17, 15) is 8.42 Å². The quantitative estimate of drug-likeness (QED) is 0.593. The molecule has 2 heterocycles. The second kappa shape index (κ2) is 2.93. The van der Waals surface area contributed by atoms with E-state index in [4.69, 9.17) is 4.84 Å². The second-order valence-corrected chi connectivity index (χ2v) is 7.35. The van der Waals surface area contributed by atoms with Crippen LogP contribution in [-0.2, 0) is 14.7 Å². The lowest BCUT2D eigenvalue weighted by molar-refractivity contribution is -0.184. The van der Waals surface area contributed by atoms with Crippen molar-refractivity contribution in [3.8, 4) is 0 Å². The average molecular weight is 219 g/mol. The van der Waals surface area contributed by atoms with E-state index in [0.29, 0.717) is 12.4 Å². The maximum Gasteiger partial charge on any atom is 0.152 e. The summed E-state index contributed by atoms with van der Waals surface area (Å²) in [7, 11) is -2.82. The third kappa shape index (κ3) is 1.68. The molecule has 0 unspecified atom stereocenters. The van der Waals surface area contributed by atoms with Crippen LogP contribution in [0.5, 0.6) is 0 Å². The minimum atomic E-state index is -2.82. The van der Waals surface area contributed by atoms with Gasteiger partial charge in [0.15, 0.2) is 9.84 Å². The summed E-state index contributed by atoms with van der Waals surface area (Å²) in [5.74, 6) is 0.735. The van der Waals surface area contributed by atoms with E-state index in [2.05, 4.69) is 0 Å². The van der Waals surface area contributed by atoms with Crippen molar-refractivity contribution in [3.63, 3.8) is 0 Å². The maximum atomic E-state index is 11.4. The SMILES string of the molecule is CC(C)(C)N1OC[C@H]2CS(=O)(=O)C[C@@H]21. The summed E-state index contributed by atoms with van der Waals surface area (Å²) >= 11 is 0. The van der Waals surface area contributed by atoms with E-state index in [1.807, 2.05) is 25.8 Å². The molecule has 2 fully saturated rings. The van der Waals surface area contributed by atoms with E-state index >= 15 is 0 Å². The molecular weight excluding hydrogens is 202 g/mol. The van der Waals surface area contributed by atoms with Crippen LogP contribution < -0.4 is 0 Å². The highest BCUT2D eigenvalue weighted by Crippen LogP contribution is 2.35. The van der Waals surface area contributed by atoms with Crippen LogP contribution in [0.3, 0.4) is 0 Å². The molecule has 2 rings (SSSR count). The molecule has 0 aliphatic carbocycles. The van der Waals surface area contributed by atoms with E-state index in [1.54, 1.807) is 0 Å². The van der Waals surface area contributed by atoms with Crippen molar-refractivity contribution < 1.29 is 13.3 Å². The van der Waals surface area contributed by atoms with E-state index in [-0.39, 0.29) is 23.3 Å². The Morgan fingerprint density at radius 3 is 2.50 bits per heavy atom. The number of nitrogens with zero attached hydrogens (tertiary/aromatic N) is 1. The molecule has 0 spiro atoms. The summed E-state index contributed by atoms with van der Waals surface area (Å²) in [4.78, 5) is 5.55. The zero-order chi connectivity index (χ0) is 10.6. The summed E-state index contributed by atoms with van der Waals surface area (Å²) < 4.78 is 22.9. The fourth-order valence-electron chi connectivity index (χ4n) is 2.28. The lowest BCUT2D eigenvalue weighted by Gasteiger charge is -2.33. The van der Waals surface area contributed by atoms with Gasteiger partial charge in [0.1, 0.15) is 0 Å². The molecule has 0 bridgehead atoms. The molecule has 14 heavy (non-hydrogen) atoms. The number of hydrogen-bond acceptors (Lipinski definition) is 4. The predicted octanol–water partition coefficient (Wildman–Crippen LogP) is 0.445. The topological polar surface area (TPSA) is 46.6 Å². The second-order valence-electron chi connectivity index (χ2n) is 5.20. The summed E-state index contributed by atoms with van der Waals surface area (Å²) in [6.07, 6.45) is 0. The van der Waals surface area contributed by atoms with Gasteiger partial charge in [-0.05, 0) is 20.8 Å². The largest absolute Gasteiger partial charge is 0.298 e. The number of hydrogen-bond donors (Lipinski definition) is 0. The third-order valence-electron chi connectivity index (χ3n) is 2.83. The van der Waals surface area contributed by atoms with Gasteiger partial charge >= 0.3 is 0 Å². The molecule has 0 aromatic carbocycles. The Morgan fingerprint density at radius 1 is 1.29 bits per heavy atom. The zero-order valence-electron chi connectivity index (χ0n) is 8.86. The van der Waals surface area contributed by atoms with Crippen molar-refractivity contribution in [2.75, 3.05) is 18.1 Å². The van der Waals surface area contributed by atoms with Crippen molar-refractivity contribution in [3.05, 3.63) is 0 Å². The van der Waals surface area contributed by atoms with Crippen LogP contribution in [0, 0.1) is 5.92 Å². The van der Waals surface area contributed by atoms with Crippen LogP contribution in [0.25, 0.3) is 0 Å². The van der Waals surface area contributed by atoms with Crippen molar-refractivity contribution in [2.45, 2.75) is 32.4 Å². The smallest absolute Gasteiger partial charge is 0.152 e. The van der Waals surface area contributed by atoms with Gasteiger partial charge in [-0.2, -0.15) is 5.06 Å². The van der Waals surface area contributed by atoms with Crippen molar-refractivity contribution >= 4 is 9.84 Å². The third-order valence-corrected chi connectivity index (χ3v) is 4.61. The monoisotopic (exact) mass is 219 g/mol. The normalized spacial score (nSPS) is 37.4. The number of fused-ring (bicyclic) bond motifs is 1. The maximum absolute atomic E-state index is 11.4. The van der Waals surface area contributed by atoms with Crippen LogP contribution in [-0.4, -0.2) is 43.2 Å². The molecule has 2 aliphatic heterocycles.